The number of nitrogens with zero attached hydrogens (tertiary/aromatic N) is 3. The van der Waals surface area contributed by atoms with Crippen molar-refractivity contribution in [3.05, 3.63) is 76.3 Å². The lowest BCUT2D eigenvalue weighted by Gasteiger charge is -2.33. The van der Waals surface area contributed by atoms with Gasteiger partial charge in [0.1, 0.15) is 6.04 Å². The minimum atomic E-state index is -0.914. The molecule has 1 atom stereocenters. The third kappa shape index (κ3) is 5.19. The summed E-state index contributed by atoms with van der Waals surface area (Å²) in [5.41, 5.74) is 0.919. The van der Waals surface area contributed by atoms with Crippen molar-refractivity contribution >= 4 is 40.6 Å². The lowest BCUT2D eigenvalue weighted by molar-refractivity contribution is -0.123. The number of benzene rings is 2. The highest BCUT2D eigenvalue weighted by molar-refractivity contribution is 7.03. The summed E-state index contributed by atoms with van der Waals surface area (Å²) in [4.78, 5) is 28.2. The zero-order valence-corrected chi connectivity index (χ0v) is 17.9. The maximum Gasteiger partial charge on any atom is 0.280 e. The average Bonchev–Trinajstić information content (AvgIpc) is 3.20. The summed E-state index contributed by atoms with van der Waals surface area (Å²) >= 11 is 7.13. The highest BCUT2D eigenvalue weighted by atomic mass is 35.5. The van der Waals surface area contributed by atoms with Crippen molar-refractivity contribution in [2.75, 3.05) is 4.90 Å². The predicted molar refractivity (Wildman–Crippen MR) is 115 cm³/mol. The Bertz CT molecular complexity index is 970. The van der Waals surface area contributed by atoms with E-state index in [1.54, 1.807) is 41.8 Å². The summed E-state index contributed by atoms with van der Waals surface area (Å²) < 4.78 is 3.79. The van der Waals surface area contributed by atoms with E-state index in [-0.39, 0.29) is 11.6 Å². The zero-order valence-electron chi connectivity index (χ0n) is 16.3. The Balaban J connectivity index is 2.15. The van der Waals surface area contributed by atoms with Crippen LogP contribution in [0, 0.1) is 0 Å². The van der Waals surface area contributed by atoms with E-state index in [9.17, 15) is 9.59 Å². The molecule has 3 rings (SSSR count). The second-order valence-corrected chi connectivity index (χ2v) is 8.54. The van der Waals surface area contributed by atoms with Gasteiger partial charge in [0.15, 0.2) is 5.69 Å². The van der Waals surface area contributed by atoms with E-state index in [0.29, 0.717) is 16.3 Å². The van der Waals surface area contributed by atoms with Crippen LogP contribution in [0.5, 0.6) is 0 Å². The number of anilines is 1. The molecule has 0 fully saturated rings. The SMILES string of the molecule is CC(C)(C)NC(=O)C(c1ccc(Cl)cc1)N(C(=O)c1csnn1)c1ccccc1. The molecule has 0 saturated carbocycles. The Morgan fingerprint density at radius 3 is 2.28 bits per heavy atom. The molecule has 1 aromatic heterocycles. The molecular formula is C21H21ClN4O2S. The minimum Gasteiger partial charge on any atom is -0.349 e. The zero-order chi connectivity index (χ0) is 21.0. The number of nitrogens with one attached hydrogen (secondary N) is 1. The number of hydrogen-bond donors (Lipinski definition) is 1. The highest BCUT2D eigenvalue weighted by Gasteiger charge is 2.35. The molecule has 1 N–H and O–H groups in total. The predicted octanol–water partition coefficient (Wildman–Crippen LogP) is 4.49. The van der Waals surface area contributed by atoms with E-state index in [0.717, 1.165) is 11.5 Å². The van der Waals surface area contributed by atoms with Crippen LogP contribution in [0.25, 0.3) is 0 Å². The fourth-order valence-corrected chi connectivity index (χ4v) is 3.41. The smallest absolute Gasteiger partial charge is 0.280 e. The number of carbonyl (C=O) groups is 2. The van der Waals surface area contributed by atoms with Gasteiger partial charge in [0, 0.05) is 21.6 Å². The van der Waals surface area contributed by atoms with E-state index in [1.165, 1.54) is 4.90 Å². The van der Waals surface area contributed by atoms with Crippen LogP contribution in [-0.4, -0.2) is 26.9 Å². The van der Waals surface area contributed by atoms with Gasteiger partial charge < -0.3 is 5.32 Å². The van der Waals surface area contributed by atoms with Crippen molar-refractivity contribution in [3.8, 4) is 0 Å². The van der Waals surface area contributed by atoms with Crippen molar-refractivity contribution in [2.24, 2.45) is 0 Å². The van der Waals surface area contributed by atoms with Crippen LogP contribution in [0.1, 0.15) is 42.9 Å². The Labute approximate surface area is 178 Å². The van der Waals surface area contributed by atoms with Gasteiger partial charge in [-0.25, -0.2) is 0 Å². The Morgan fingerprint density at radius 1 is 1.07 bits per heavy atom. The summed E-state index contributed by atoms with van der Waals surface area (Å²) in [6, 6.07) is 15.0. The Hall–Kier alpha value is -2.77. The fourth-order valence-electron chi connectivity index (χ4n) is 2.85. The molecule has 2 aromatic carbocycles. The molecule has 0 saturated heterocycles. The van der Waals surface area contributed by atoms with E-state index >= 15 is 0 Å². The highest BCUT2D eigenvalue weighted by Crippen LogP contribution is 2.30. The number of aromatic nitrogens is 2. The van der Waals surface area contributed by atoms with E-state index in [1.807, 2.05) is 39.0 Å². The first-order valence-electron chi connectivity index (χ1n) is 8.99. The first-order chi connectivity index (χ1) is 13.8. The third-order valence-corrected chi connectivity index (χ3v) is 4.78. The molecule has 6 nitrogen and oxygen atoms in total. The maximum absolute atomic E-state index is 13.4. The lowest BCUT2D eigenvalue weighted by Crippen LogP contribution is -2.49. The number of hydrogen-bond acceptors (Lipinski definition) is 5. The molecule has 0 spiro atoms. The van der Waals surface area contributed by atoms with Crippen LogP contribution in [0.15, 0.2) is 60.0 Å². The van der Waals surface area contributed by atoms with Crippen LogP contribution in [0.3, 0.4) is 0 Å². The normalized spacial score (nSPS) is 12.3. The molecule has 3 aromatic rings. The molecule has 2 amide bonds. The number of rotatable bonds is 5. The minimum absolute atomic E-state index is 0.182. The Kier molecular flexibility index (Phi) is 6.30. The average molecular weight is 429 g/mol. The molecule has 0 aliphatic heterocycles. The van der Waals surface area contributed by atoms with Crippen LogP contribution in [-0.2, 0) is 4.79 Å². The van der Waals surface area contributed by atoms with Gasteiger partial charge in [0.25, 0.3) is 5.91 Å². The standard InChI is InChI=1S/C21H21ClN4O2S/c1-21(2,3)23-19(27)18(14-9-11-15(22)12-10-14)26(16-7-5-4-6-8-16)20(28)17-13-29-25-24-17/h4-13,18H,1-3H3,(H,23,27). The molecule has 1 unspecified atom stereocenters. The molecule has 8 heteroatoms. The van der Waals surface area contributed by atoms with Crippen molar-refractivity contribution in [3.63, 3.8) is 0 Å². The molecule has 0 radical (unpaired) electrons. The van der Waals surface area contributed by atoms with Gasteiger partial charge in [0.05, 0.1) is 0 Å². The molecule has 1 heterocycles. The van der Waals surface area contributed by atoms with Gasteiger partial charge in [-0.1, -0.05) is 46.4 Å². The van der Waals surface area contributed by atoms with Crippen molar-refractivity contribution < 1.29 is 9.59 Å². The van der Waals surface area contributed by atoms with Crippen molar-refractivity contribution in [1.29, 1.82) is 0 Å². The second-order valence-electron chi connectivity index (χ2n) is 7.49. The lowest BCUT2D eigenvalue weighted by atomic mass is 10.0. The molecule has 0 bridgehead atoms. The first-order valence-corrected chi connectivity index (χ1v) is 10.2. The first kappa shape index (κ1) is 21.0. The molecule has 150 valence electrons. The van der Waals surface area contributed by atoms with Crippen molar-refractivity contribution in [1.82, 2.24) is 14.9 Å². The monoisotopic (exact) mass is 428 g/mol. The summed E-state index contributed by atoms with van der Waals surface area (Å²) in [6.07, 6.45) is 0. The molecule has 0 aliphatic carbocycles. The van der Waals surface area contributed by atoms with Crippen LogP contribution < -0.4 is 10.2 Å². The van der Waals surface area contributed by atoms with Crippen LogP contribution >= 0.6 is 23.1 Å². The third-order valence-electron chi connectivity index (χ3n) is 4.02. The summed E-state index contributed by atoms with van der Waals surface area (Å²) in [5, 5.41) is 9.01. The van der Waals surface area contributed by atoms with Gasteiger partial charge in [-0.2, -0.15) is 0 Å². The van der Waals surface area contributed by atoms with Crippen LogP contribution in [0.4, 0.5) is 5.69 Å². The summed E-state index contributed by atoms with van der Waals surface area (Å²) in [6.45, 7) is 5.68. The van der Waals surface area contributed by atoms with Crippen LogP contribution in [0.2, 0.25) is 5.02 Å². The van der Waals surface area contributed by atoms with Gasteiger partial charge in [-0.05, 0) is 62.1 Å². The second kappa shape index (κ2) is 8.71. The Morgan fingerprint density at radius 2 is 1.72 bits per heavy atom. The van der Waals surface area contributed by atoms with Gasteiger partial charge in [-0.15, -0.1) is 5.10 Å². The van der Waals surface area contributed by atoms with E-state index < -0.39 is 17.5 Å². The van der Waals surface area contributed by atoms with Gasteiger partial charge in [0.2, 0.25) is 5.91 Å². The quantitative estimate of drug-likeness (QED) is 0.649. The van der Waals surface area contributed by atoms with Gasteiger partial charge >= 0.3 is 0 Å². The number of para-hydroxylation sites is 1. The van der Waals surface area contributed by atoms with Crippen molar-refractivity contribution in [2.45, 2.75) is 32.4 Å². The number of carbonyl (C=O) groups excluding carboxylic acids is 2. The van der Waals surface area contributed by atoms with E-state index in [2.05, 4.69) is 14.9 Å². The number of halogens is 1. The number of amides is 2. The maximum atomic E-state index is 13.4. The van der Waals surface area contributed by atoms with E-state index in [4.69, 9.17) is 11.6 Å². The molecule has 0 aliphatic rings. The van der Waals surface area contributed by atoms with Gasteiger partial charge in [-0.3, -0.25) is 14.5 Å². The largest absolute Gasteiger partial charge is 0.349 e. The topological polar surface area (TPSA) is 75.2 Å². The molecule has 29 heavy (non-hydrogen) atoms. The summed E-state index contributed by atoms with van der Waals surface area (Å²) in [7, 11) is 0. The summed E-state index contributed by atoms with van der Waals surface area (Å²) in [5.74, 6) is -0.714. The fraction of sp³-hybridized carbons (Fsp3) is 0.238. The molecular weight excluding hydrogens is 408 g/mol.